The van der Waals surface area contributed by atoms with Crippen LogP contribution in [-0.2, 0) is 6.54 Å². The van der Waals surface area contributed by atoms with Crippen LogP contribution in [0.4, 0.5) is 0 Å². The summed E-state index contributed by atoms with van der Waals surface area (Å²) in [6.45, 7) is 7.53. The van der Waals surface area contributed by atoms with E-state index in [0.717, 1.165) is 25.8 Å². The number of hydrogen-bond donors (Lipinski definition) is 2. The largest absolute Gasteiger partial charge is 0.394 e. The smallest absolute Gasteiger partial charge is 0.0945 e. The van der Waals surface area contributed by atoms with E-state index in [0.29, 0.717) is 6.04 Å². The fraction of sp³-hybridized carbons (Fsp3) is 0.769. The summed E-state index contributed by atoms with van der Waals surface area (Å²) in [5.41, 5.74) is -0.130. The van der Waals surface area contributed by atoms with Gasteiger partial charge in [-0.25, -0.2) is 4.98 Å². The molecule has 0 saturated carbocycles. The quantitative estimate of drug-likeness (QED) is 0.727. The Hall–Kier alpha value is -0.870. The van der Waals surface area contributed by atoms with Crippen molar-refractivity contribution >= 4 is 0 Å². The van der Waals surface area contributed by atoms with Crippen LogP contribution in [0.2, 0.25) is 0 Å². The van der Waals surface area contributed by atoms with Crippen LogP contribution >= 0.6 is 0 Å². The first-order valence-electron chi connectivity index (χ1n) is 6.46. The number of aromatic nitrogens is 2. The zero-order valence-electron chi connectivity index (χ0n) is 11.2. The highest BCUT2D eigenvalue weighted by atomic mass is 16.3. The fourth-order valence-electron chi connectivity index (χ4n) is 2.22. The van der Waals surface area contributed by atoms with E-state index >= 15 is 0 Å². The number of imidazole rings is 1. The summed E-state index contributed by atoms with van der Waals surface area (Å²) in [6, 6.07) is 0.398. The molecule has 4 nitrogen and oxygen atoms in total. The van der Waals surface area contributed by atoms with Crippen LogP contribution in [0.3, 0.4) is 0 Å². The lowest BCUT2D eigenvalue weighted by Crippen LogP contribution is -2.51. The Morgan fingerprint density at radius 1 is 1.47 bits per heavy atom. The summed E-state index contributed by atoms with van der Waals surface area (Å²) in [7, 11) is 0. The van der Waals surface area contributed by atoms with Crippen LogP contribution in [-0.4, -0.2) is 32.8 Å². The molecule has 1 aromatic rings. The maximum atomic E-state index is 9.60. The molecule has 0 bridgehead atoms. The highest BCUT2D eigenvalue weighted by molar-refractivity contribution is 4.87. The van der Waals surface area contributed by atoms with E-state index in [4.69, 9.17) is 0 Å². The second kappa shape index (κ2) is 6.77. The van der Waals surface area contributed by atoms with E-state index in [9.17, 15) is 5.11 Å². The van der Waals surface area contributed by atoms with Crippen molar-refractivity contribution < 1.29 is 5.11 Å². The van der Waals surface area contributed by atoms with Gasteiger partial charge in [-0.2, -0.15) is 0 Å². The number of aliphatic hydroxyl groups is 1. The number of hydrogen-bond acceptors (Lipinski definition) is 3. The highest BCUT2D eigenvalue weighted by Gasteiger charge is 2.26. The van der Waals surface area contributed by atoms with Crippen molar-refractivity contribution in [2.75, 3.05) is 6.61 Å². The molecule has 2 N–H and O–H groups in total. The van der Waals surface area contributed by atoms with Crippen molar-refractivity contribution in [1.29, 1.82) is 0 Å². The molecule has 0 aromatic carbocycles. The zero-order chi connectivity index (χ0) is 12.7. The predicted octanol–water partition coefficient (Wildman–Crippen LogP) is 1.80. The molecule has 0 aliphatic heterocycles. The lowest BCUT2D eigenvalue weighted by molar-refractivity contribution is 0.134. The minimum Gasteiger partial charge on any atom is -0.394 e. The van der Waals surface area contributed by atoms with Crippen LogP contribution in [0.1, 0.15) is 40.0 Å². The molecule has 1 unspecified atom stereocenters. The van der Waals surface area contributed by atoms with Crippen molar-refractivity contribution in [2.24, 2.45) is 0 Å². The van der Waals surface area contributed by atoms with Crippen molar-refractivity contribution in [3.05, 3.63) is 18.7 Å². The summed E-state index contributed by atoms with van der Waals surface area (Å²) in [5, 5.41) is 13.1. The van der Waals surface area contributed by atoms with Crippen molar-refractivity contribution in [2.45, 2.75) is 58.2 Å². The van der Waals surface area contributed by atoms with Gasteiger partial charge >= 0.3 is 0 Å². The Bertz CT molecular complexity index is 292. The lowest BCUT2D eigenvalue weighted by atomic mass is 9.90. The number of rotatable bonds is 8. The molecule has 17 heavy (non-hydrogen) atoms. The van der Waals surface area contributed by atoms with Gasteiger partial charge in [-0.05, 0) is 19.3 Å². The standard InChI is InChI=1S/C13H25N3O/c1-4-13(10-17,15-12(2)3)6-5-8-16-9-7-14-11-16/h7,9,11-12,15,17H,4-6,8,10H2,1-3H3. The van der Waals surface area contributed by atoms with Gasteiger partial charge in [-0.3, -0.25) is 0 Å². The Morgan fingerprint density at radius 2 is 2.24 bits per heavy atom. The van der Waals surface area contributed by atoms with Crippen LogP contribution < -0.4 is 5.32 Å². The van der Waals surface area contributed by atoms with E-state index in [2.05, 4.69) is 35.6 Å². The van der Waals surface area contributed by atoms with Crippen molar-refractivity contribution in [3.63, 3.8) is 0 Å². The molecule has 0 radical (unpaired) electrons. The van der Waals surface area contributed by atoms with Crippen LogP contribution in [0.25, 0.3) is 0 Å². The van der Waals surface area contributed by atoms with Gasteiger partial charge in [-0.1, -0.05) is 20.8 Å². The molecule has 0 aliphatic carbocycles. The summed E-state index contributed by atoms with van der Waals surface area (Å²) in [4.78, 5) is 4.02. The van der Waals surface area contributed by atoms with Crippen LogP contribution in [0.5, 0.6) is 0 Å². The average molecular weight is 239 g/mol. The average Bonchev–Trinajstić information content (AvgIpc) is 2.80. The monoisotopic (exact) mass is 239 g/mol. The molecule has 1 atom stereocenters. The first kappa shape index (κ1) is 14.2. The Kier molecular flexibility index (Phi) is 5.65. The molecule has 4 heteroatoms. The number of nitrogens with one attached hydrogen (secondary N) is 1. The minimum atomic E-state index is -0.130. The highest BCUT2D eigenvalue weighted by Crippen LogP contribution is 2.18. The molecule has 1 rings (SSSR count). The Morgan fingerprint density at radius 3 is 2.71 bits per heavy atom. The number of nitrogens with zero attached hydrogens (tertiary/aromatic N) is 2. The van der Waals surface area contributed by atoms with Crippen LogP contribution in [0.15, 0.2) is 18.7 Å². The Labute approximate surface area is 104 Å². The molecule has 0 spiro atoms. The van der Waals surface area contributed by atoms with E-state index in [1.54, 1.807) is 6.20 Å². The van der Waals surface area contributed by atoms with E-state index in [1.165, 1.54) is 0 Å². The molecule has 1 heterocycles. The third-order valence-electron chi connectivity index (χ3n) is 3.21. The van der Waals surface area contributed by atoms with Gasteiger partial charge in [0, 0.05) is 30.5 Å². The van der Waals surface area contributed by atoms with Gasteiger partial charge in [-0.15, -0.1) is 0 Å². The van der Waals surface area contributed by atoms with Gasteiger partial charge < -0.3 is 15.0 Å². The normalized spacial score (nSPS) is 15.1. The first-order valence-corrected chi connectivity index (χ1v) is 6.46. The van der Waals surface area contributed by atoms with Gasteiger partial charge in [0.1, 0.15) is 0 Å². The minimum absolute atomic E-state index is 0.130. The molecular weight excluding hydrogens is 214 g/mol. The summed E-state index contributed by atoms with van der Waals surface area (Å²) < 4.78 is 2.08. The summed E-state index contributed by atoms with van der Waals surface area (Å²) >= 11 is 0. The third-order valence-corrected chi connectivity index (χ3v) is 3.21. The predicted molar refractivity (Wildman–Crippen MR) is 69.8 cm³/mol. The molecule has 1 aromatic heterocycles. The van der Waals surface area contributed by atoms with Crippen molar-refractivity contribution in [1.82, 2.24) is 14.9 Å². The van der Waals surface area contributed by atoms with Gasteiger partial charge in [0.25, 0.3) is 0 Å². The van der Waals surface area contributed by atoms with Crippen molar-refractivity contribution in [3.8, 4) is 0 Å². The topological polar surface area (TPSA) is 50.1 Å². The lowest BCUT2D eigenvalue weighted by Gasteiger charge is -2.34. The molecule has 98 valence electrons. The molecule has 0 aliphatic rings. The van der Waals surface area contributed by atoms with Gasteiger partial charge in [0.15, 0.2) is 0 Å². The molecule has 0 saturated heterocycles. The van der Waals surface area contributed by atoms with E-state index in [1.807, 2.05) is 12.5 Å². The number of aliphatic hydroxyl groups excluding tert-OH is 1. The SMILES string of the molecule is CCC(CO)(CCCn1ccnc1)NC(C)C. The summed E-state index contributed by atoms with van der Waals surface area (Å²) in [6.07, 6.45) is 8.59. The summed E-state index contributed by atoms with van der Waals surface area (Å²) in [5.74, 6) is 0. The zero-order valence-corrected chi connectivity index (χ0v) is 11.2. The maximum absolute atomic E-state index is 9.60. The molecule has 0 fully saturated rings. The third kappa shape index (κ3) is 4.48. The fourth-order valence-corrected chi connectivity index (χ4v) is 2.22. The van der Waals surface area contributed by atoms with Crippen LogP contribution in [0, 0.1) is 0 Å². The van der Waals surface area contributed by atoms with Gasteiger partial charge in [0.05, 0.1) is 12.9 Å². The Balaban J connectivity index is 2.43. The van der Waals surface area contributed by atoms with E-state index < -0.39 is 0 Å². The van der Waals surface area contributed by atoms with E-state index in [-0.39, 0.29) is 12.1 Å². The second-order valence-electron chi connectivity index (χ2n) is 5.00. The maximum Gasteiger partial charge on any atom is 0.0945 e. The first-order chi connectivity index (χ1) is 8.12. The number of aryl methyl sites for hydroxylation is 1. The van der Waals surface area contributed by atoms with Gasteiger partial charge in [0.2, 0.25) is 0 Å². The molecular formula is C13H25N3O. The second-order valence-corrected chi connectivity index (χ2v) is 5.00. The molecule has 0 amide bonds.